The zero-order valence-corrected chi connectivity index (χ0v) is 9.95. The molecule has 0 aliphatic carbocycles. The summed E-state index contributed by atoms with van der Waals surface area (Å²) in [5.74, 6) is 0.859. The fourth-order valence-electron chi connectivity index (χ4n) is 1.58. The molecule has 0 aliphatic heterocycles. The number of hydrogen-bond donors (Lipinski definition) is 1. The first-order valence-electron chi connectivity index (χ1n) is 5.78. The van der Waals surface area contributed by atoms with E-state index in [1.807, 2.05) is 19.2 Å². The Hall–Kier alpha value is -0.960. The lowest BCUT2D eigenvalue weighted by Gasteiger charge is -2.15. The minimum absolute atomic E-state index is 0.541. The van der Waals surface area contributed by atoms with E-state index in [1.165, 1.54) is 6.42 Å². The Morgan fingerprint density at radius 1 is 1.40 bits per heavy atom. The Kier molecular flexibility index (Phi) is 5.26. The fraction of sp³-hybridized carbons (Fsp3) is 0.667. The predicted octanol–water partition coefficient (Wildman–Crippen LogP) is 2.11. The average Bonchev–Trinajstić information content (AvgIpc) is 2.24. The second kappa shape index (κ2) is 6.51. The van der Waals surface area contributed by atoms with Crippen LogP contribution in [0.2, 0.25) is 0 Å². The molecule has 84 valence electrons. The number of nitrogens with zero attached hydrogens (tertiary/aromatic N) is 2. The Bertz CT molecular complexity index is 286. The molecule has 0 amide bonds. The monoisotopic (exact) mass is 207 g/mol. The molecule has 0 spiro atoms. The van der Waals surface area contributed by atoms with Gasteiger partial charge < -0.3 is 5.32 Å². The first-order valence-corrected chi connectivity index (χ1v) is 5.78. The lowest BCUT2D eigenvalue weighted by molar-refractivity contribution is 0.490. The van der Waals surface area contributed by atoms with Crippen molar-refractivity contribution in [2.45, 2.75) is 46.1 Å². The second-order valence-corrected chi connectivity index (χ2v) is 3.86. The van der Waals surface area contributed by atoms with Gasteiger partial charge in [-0.05, 0) is 32.4 Å². The van der Waals surface area contributed by atoms with Gasteiger partial charge >= 0.3 is 0 Å². The van der Waals surface area contributed by atoms with E-state index in [1.54, 1.807) is 0 Å². The van der Waals surface area contributed by atoms with Gasteiger partial charge in [-0.1, -0.05) is 13.8 Å². The summed E-state index contributed by atoms with van der Waals surface area (Å²) in [6.45, 7) is 7.42. The normalized spacial score (nSPS) is 12.7. The van der Waals surface area contributed by atoms with Gasteiger partial charge in [0, 0.05) is 24.4 Å². The lowest BCUT2D eigenvalue weighted by Crippen LogP contribution is -2.31. The van der Waals surface area contributed by atoms with E-state index in [-0.39, 0.29) is 0 Å². The molecule has 0 fully saturated rings. The number of nitrogens with one attached hydrogen (secondary N) is 1. The summed E-state index contributed by atoms with van der Waals surface area (Å²) in [4.78, 5) is 8.52. The van der Waals surface area contributed by atoms with Gasteiger partial charge in [0.15, 0.2) is 0 Å². The molecule has 0 saturated carbocycles. The van der Waals surface area contributed by atoms with Gasteiger partial charge in [0.2, 0.25) is 0 Å². The maximum atomic E-state index is 4.42. The van der Waals surface area contributed by atoms with Crippen LogP contribution in [0.5, 0.6) is 0 Å². The molecule has 1 atom stereocenters. The molecule has 15 heavy (non-hydrogen) atoms. The average molecular weight is 207 g/mol. The quantitative estimate of drug-likeness (QED) is 0.776. The first kappa shape index (κ1) is 12.1. The summed E-state index contributed by atoms with van der Waals surface area (Å²) in [6, 6.07) is 2.54. The summed E-state index contributed by atoms with van der Waals surface area (Å²) < 4.78 is 0. The van der Waals surface area contributed by atoms with Crippen LogP contribution in [0.25, 0.3) is 0 Å². The van der Waals surface area contributed by atoms with Crippen LogP contribution in [-0.4, -0.2) is 22.6 Å². The summed E-state index contributed by atoms with van der Waals surface area (Å²) >= 11 is 0. The summed E-state index contributed by atoms with van der Waals surface area (Å²) in [6.07, 6.45) is 5.16. The molecule has 1 heterocycles. The van der Waals surface area contributed by atoms with Gasteiger partial charge in [-0.3, -0.25) is 0 Å². The Morgan fingerprint density at radius 2 is 2.20 bits per heavy atom. The molecule has 3 heteroatoms. The van der Waals surface area contributed by atoms with E-state index in [9.17, 15) is 0 Å². The van der Waals surface area contributed by atoms with Gasteiger partial charge in [0.1, 0.15) is 5.82 Å². The van der Waals surface area contributed by atoms with Crippen molar-refractivity contribution in [3.63, 3.8) is 0 Å². The standard InChI is InChI=1S/C12H21N3/c1-4-7-14-11(5-2)9-12-6-8-13-10(3)15-12/h6,8,11,14H,4-5,7,9H2,1-3H3. The smallest absolute Gasteiger partial charge is 0.125 e. The summed E-state index contributed by atoms with van der Waals surface area (Å²) in [7, 11) is 0. The highest BCUT2D eigenvalue weighted by Gasteiger charge is 2.07. The molecular formula is C12H21N3. The van der Waals surface area contributed by atoms with E-state index in [2.05, 4.69) is 29.1 Å². The number of aryl methyl sites for hydroxylation is 1. The van der Waals surface area contributed by atoms with Crippen LogP contribution < -0.4 is 5.32 Å². The molecule has 3 nitrogen and oxygen atoms in total. The zero-order valence-electron chi connectivity index (χ0n) is 9.95. The predicted molar refractivity (Wildman–Crippen MR) is 62.8 cm³/mol. The minimum atomic E-state index is 0.541. The Morgan fingerprint density at radius 3 is 2.80 bits per heavy atom. The molecule has 0 saturated heterocycles. The third-order valence-electron chi connectivity index (χ3n) is 2.47. The van der Waals surface area contributed by atoms with Gasteiger partial charge in [-0.2, -0.15) is 0 Å². The van der Waals surface area contributed by atoms with Crippen LogP contribution in [0, 0.1) is 6.92 Å². The first-order chi connectivity index (χ1) is 7.26. The Balaban J connectivity index is 2.50. The molecule has 0 radical (unpaired) electrons. The van der Waals surface area contributed by atoms with Crippen molar-refractivity contribution >= 4 is 0 Å². The fourth-order valence-corrected chi connectivity index (χ4v) is 1.58. The number of aromatic nitrogens is 2. The van der Waals surface area contributed by atoms with E-state index in [4.69, 9.17) is 0 Å². The van der Waals surface area contributed by atoms with Crippen molar-refractivity contribution in [2.24, 2.45) is 0 Å². The highest BCUT2D eigenvalue weighted by Crippen LogP contribution is 2.03. The van der Waals surface area contributed by atoms with E-state index in [0.717, 1.165) is 30.9 Å². The van der Waals surface area contributed by atoms with Gasteiger partial charge in [0.25, 0.3) is 0 Å². The van der Waals surface area contributed by atoms with Crippen molar-refractivity contribution in [3.8, 4) is 0 Å². The van der Waals surface area contributed by atoms with Crippen molar-refractivity contribution in [1.29, 1.82) is 0 Å². The van der Waals surface area contributed by atoms with Crippen LogP contribution in [0.3, 0.4) is 0 Å². The zero-order chi connectivity index (χ0) is 11.1. The highest BCUT2D eigenvalue weighted by atomic mass is 14.9. The number of rotatable bonds is 6. The molecule has 1 rings (SSSR count). The Labute approximate surface area is 92.3 Å². The van der Waals surface area contributed by atoms with Crippen LogP contribution in [0.4, 0.5) is 0 Å². The summed E-state index contributed by atoms with van der Waals surface area (Å²) in [5.41, 5.74) is 1.14. The molecule has 1 aromatic rings. The van der Waals surface area contributed by atoms with Crippen LogP contribution in [-0.2, 0) is 6.42 Å². The van der Waals surface area contributed by atoms with Crippen LogP contribution in [0.1, 0.15) is 38.2 Å². The largest absolute Gasteiger partial charge is 0.314 e. The van der Waals surface area contributed by atoms with Gasteiger partial charge in [-0.25, -0.2) is 9.97 Å². The SMILES string of the molecule is CCCNC(CC)Cc1ccnc(C)n1. The molecule has 0 aromatic carbocycles. The topological polar surface area (TPSA) is 37.8 Å². The minimum Gasteiger partial charge on any atom is -0.314 e. The number of hydrogen-bond acceptors (Lipinski definition) is 3. The maximum Gasteiger partial charge on any atom is 0.125 e. The van der Waals surface area contributed by atoms with Gasteiger partial charge in [-0.15, -0.1) is 0 Å². The molecule has 1 aromatic heterocycles. The molecular weight excluding hydrogens is 186 g/mol. The maximum absolute atomic E-state index is 4.42. The highest BCUT2D eigenvalue weighted by molar-refractivity contribution is 5.03. The van der Waals surface area contributed by atoms with Crippen LogP contribution >= 0.6 is 0 Å². The third kappa shape index (κ3) is 4.38. The van der Waals surface area contributed by atoms with E-state index in [0.29, 0.717) is 6.04 Å². The second-order valence-electron chi connectivity index (χ2n) is 3.86. The molecule has 0 aliphatic rings. The lowest BCUT2D eigenvalue weighted by atomic mass is 10.1. The van der Waals surface area contributed by atoms with Crippen molar-refractivity contribution in [1.82, 2.24) is 15.3 Å². The molecule has 1 N–H and O–H groups in total. The molecule has 1 unspecified atom stereocenters. The summed E-state index contributed by atoms with van der Waals surface area (Å²) in [5, 5.41) is 3.53. The van der Waals surface area contributed by atoms with Crippen molar-refractivity contribution < 1.29 is 0 Å². The molecule has 0 bridgehead atoms. The van der Waals surface area contributed by atoms with E-state index >= 15 is 0 Å². The van der Waals surface area contributed by atoms with Crippen LogP contribution in [0.15, 0.2) is 12.3 Å². The van der Waals surface area contributed by atoms with Crippen molar-refractivity contribution in [2.75, 3.05) is 6.54 Å². The van der Waals surface area contributed by atoms with E-state index < -0.39 is 0 Å². The van der Waals surface area contributed by atoms with Gasteiger partial charge in [0.05, 0.1) is 0 Å². The third-order valence-corrected chi connectivity index (χ3v) is 2.47. The van der Waals surface area contributed by atoms with Crippen molar-refractivity contribution in [3.05, 3.63) is 23.8 Å².